The minimum atomic E-state index is -3.73. The molecule has 1 aliphatic rings. The summed E-state index contributed by atoms with van der Waals surface area (Å²) in [5.41, 5.74) is 4.17. The highest BCUT2D eigenvalue weighted by Gasteiger charge is 2.21. The fourth-order valence-corrected chi connectivity index (χ4v) is 4.98. The van der Waals surface area contributed by atoms with Gasteiger partial charge in [-0.15, -0.1) is 0 Å². The first kappa shape index (κ1) is 23.6. The number of anilines is 3. The number of carbonyl (C=O) groups is 1. The summed E-state index contributed by atoms with van der Waals surface area (Å²) in [5, 5.41) is 5.97. The molecule has 1 amide bonds. The zero-order valence-electron chi connectivity index (χ0n) is 19.0. The molecule has 0 spiro atoms. The van der Waals surface area contributed by atoms with Gasteiger partial charge in [0.05, 0.1) is 22.7 Å². The molecule has 8 nitrogen and oxygen atoms in total. The number of sulfonamides is 1. The quantitative estimate of drug-likeness (QED) is 0.351. The second kappa shape index (κ2) is 9.84. The summed E-state index contributed by atoms with van der Waals surface area (Å²) in [4.78, 5) is 21.2. The van der Waals surface area contributed by atoms with Crippen LogP contribution in [-0.4, -0.2) is 30.8 Å². The molecule has 182 valence electrons. The summed E-state index contributed by atoms with van der Waals surface area (Å²) in [7, 11) is -3.73. The zero-order chi connectivity index (χ0) is 25.1. The van der Waals surface area contributed by atoms with Crippen molar-refractivity contribution in [2.45, 2.75) is 17.7 Å². The van der Waals surface area contributed by atoms with Crippen molar-refractivity contribution in [2.24, 2.45) is 0 Å². The van der Waals surface area contributed by atoms with E-state index in [9.17, 15) is 17.6 Å². The number of halogens is 1. The Kier molecular flexibility index (Phi) is 6.45. The van der Waals surface area contributed by atoms with Crippen molar-refractivity contribution >= 4 is 33.3 Å². The summed E-state index contributed by atoms with van der Waals surface area (Å²) >= 11 is 0. The number of fused-ring (bicyclic) bond motifs is 3. The lowest BCUT2D eigenvalue weighted by Gasteiger charge is -2.11. The van der Waals surface area contributed by atoms with Crippen LogP contribution in [0.5, 0.6) is 0 Å². The predicted molar refractivity (Wildman–Crippen MR) is 135 cm³/mol. The number of para-hydroxylation sites is 1. The van der Waals surface area contributed by atoms with Crippen LogP contribution >= 0.6 is 0 Å². The molecule has 3 N–H and O–H groups in total. The van der Waals surface area contributed by atoms with Crippen LogP contribution in [0.15, 0.2) is 83.9 Å². The van der Waals surface area contributed by atoms with Gasteiger partial charge in [0.25, 0.3) is 0 Å². The molecule has 5 rings (SSSR count). The first-order chi connectivity index (χ1) is 17.4. The molecule has 0 saturated carbocycles. The predicted octanol–water partition coefficient (Wildman–Crippen LogP) is 4.04. The second-order valence-corrected chi connectivity index (χ2v) is 10.0. The van der Waals surface area contributed by atoms with E-state index in [-0.39, 0.29) is 29.6 Å². The molecule has 2 heterocycles. The van der Waals surface area contributed by atoms with Gasteiger partial charge in [0, 0.05) is 29.6 Å². The van der Waals surface area contributed by atoms with E-state index in [0.29, 0.717) is 40.6 Å². The summed E-state index contributed by atoms with van der Waals surface area (Å²) in [5.74, 6) is -0.167. The highest BCUT2D eigenvalue weighted by Crippen LogP contribution is 2.32. The van der Waals surface area contributed by atoms with Gasteiger partial charge < -0.3 is 10.6 Å². The molecule has 0 saturated heterocycles. The van der Waals surface area contributed by atoms with Crippen molar-refractivity contribution in [3.8, 4) is 11.3 Å². The summed E-state index contributed by atoms with van der Waals surface area (Å²) in [6, 6.07) is 19.7. The van der Waals surface area contributed by atoms with E-state index in [1.807, 2.05) is 24.3 Å². The number of benzene rings is 3. The Labute approximate surface area is 207 Å². The van der Waals surface area contributed by atoms with Crippen LogP contribution in [-0.2, 0) is 27.7 Å². The van der Waals surface area contributed by atoms with Crippen LogP contribution in [0.2, 0.25) is 0 Å². The Bertz CT molecular complexity index is 1540. The van der Waals surface area contributed by atoms with Gasteiger partial charge in [-0.3, -0.25) is 4.79 Å². The average molecular weight is 504 g/mol. The van der Waals surface area contributed by atoms with Gasteiger partial charge in [-0.2, -0.15) is 0 Å². The maximum atomic E-state index is 13.3. The molecular weight excluding hydrogens is 481 g/mol. The standard InChI is InChI=1S/C26H22FN5O3S/c27-19-5-3-4-17(14-19)12-13-29-36(34,35)21-10-8-20(9-11-21)30-26-28-16-18-15-24(33)31-23-7-2-1-6-22(23)25(18)32-26/h1-11,14,16,29H,12-13,15H2,(H,31,33)(H,28,30,32). The Balaban J connectivity index is 1.29. The van der Waals surface area contributed by atoms with Crippen LogP contribution in [0.25, 0.3) is 11.3 Å². The highest BCUT2D eigenvalue weighted by atomic mass is 32.2. The number of amides is 1. The number of hydrogen-bond acceptors (Lipinski definition) is 6. The van der Waals surface area contributed by atoms with E-state index in [1.54, 1.807) is 30.5 Å². The van der Waals surface area contributed by atoms with Gasteiger partial charge in [0.2, 0.25) is 21.9 Å². The van der Waals surface area contributed by atoms with Crippen molar-refractivity contribution < 1.29 is 17.6 Å². The monoisotopic (exact) mass is 503 g/mol. The number of hydrogen-bond donors (Lipinski definition) is 3. The van der Waals surface area contributed by atoms with Gasteiger partial charge in [-0.25, -0.2) is 27.5 Å². The maximum absolute atomic E-state index is 13.3. The van der Waals surface area contributed by atoms with Gasteiger partial charge in [-0.05, 0) is 54.4 Å². The molecule has 0 aliphatic carbocycles. The largest absolute Gasteiger partial charge is 0.325 e. The summed E-state index contributed by atoms with van der Waals surface area (Å²) in [6.07, 6.45) is 2.16. The number of nitrogens with one attached hydrogen (secondary N) is 3. The molecule has 0 radical (unpaired) electrons. The van der Waals surface area contributed by atoms with Crippen molar-refractivity contribution in [1.29, 1.82) is 0 Å². The van der Waals surface area contributed by atoms with Crippen LogP contribution in [0.4, 0.5) is 21.7 Å². The van der Waals surface area contributed by atoms with E-state index in [1.165, 1.54) is 24.3 Å². The summed E-state index contributed by atoms with van der Waals surface area (Å²) in [6.45, 7) is 0.146. The number of rotatable bonds is 7. The van der Waals surface area contributed by atoms with Gasteiger partial charge in [0.1, 0.15) is 5.82 Å². The molecule has 0 fully saturated rings. The van der Waals surface area contributed by atoms with Crippen LogP contribution in [0.1, 0.15) is 11.1 Å². The van der Waals surface area contributed by atoms with Crippen molar-refractivity contribution in [1.82, 2.24) is 14.7 Å². The van der Waals surface area contributed by atoms with Gasteiger partial charge in [-0.1, -0.05) is 30.3 Å². The van der Waals surface area contributed by atoms with E-state index < -0.39 is 10.0 Å². The minimum absolute atomic E-state index is 0.105. The van der Waals surface area contributed by atoms with E-state index in [2.05, 4.69) is 25.3 Å². The van der Waals surface area contributed by atoms with Gasteiger partial charge in [0.15, 0.2) is 0 Å². The topological polar surface area (TPSA) is 113 Å². The Morgan fingerprint density at radius 1 is 1.00 bits per heavy atom. The first-order valence-electron chi connectivity index (χ1n) is 11.2. The third-order valence-electron chi connectivity index (χ3n) is 5.69. The van der Waals surface area contributed by atoms with Gasteiger partial charge >= 0.3 is 0 Å². The molecule has 0 unspecified atom stereocenters. The van der Waals surface area contributed by atoms with Crippen molar-refractivity contribution in [2.75, 3.05) is 17.2 Å². The van der Waals surface area contributed by atoms with E-state index in [0.717, 1.165) is 5.56 Å². The Morgan fingerprint density at radius 3 is 2.61 bits per heavy atom. The normalized spacial score (nSPS) is 12.8. The molecule has 1 aromatic heterocycles. The Hall–Kier alpha value is -4.15. The van der Waals surface area contributed by atoms with E-state index >= 15 is 0 Å². The minimum Gasteiger partial charge on any atom is -0.325 e. The molecular formula is C26H22FN5O3S. The first-order valence-corrected chi connectivity index (χ1v) is 12.7. The lowest BCUT2D eigenvalue weighted by atomic mass is 10.1. The molecule has 0 bridgehead atoms. The Morgan fingerprint density at radius 2 is 1.81 bits per heavy atom. The molecule has 36 heavy (non-hydrogen) atoms. The van der Waals surface area contributed by atoms with E-state index in [4.69, 9.17) is 0 Å². The number of nitrogens with zero attached hydrogens (tertiary/aromatic N) is 2. The molecule has 1 aliphatic heterocycles. The smallest absolute Gasteiger partial charge is 0.240 e. The van der Waals surface area contributed by atoms with Crippen LogP contribution in [0, 0.1) is 5.82 Å². The van der Waals surface area contributed by atoms with Crippen LogP contribution in [0.3, 0.4) is 0 Å². The SMILES string of the molecule is O=C1Cc2cnc(Nc3ccc(S(=O)(=O)NCCc4cccc(F)c4)cc3)nc2-c2ccccc2N1. The second-order valence-electron chi connectivity index (χ2n) is 8.27. The fourth-order valence-electron chi connectivity index (χ4n) is 3.95. The lowest BCUT2D eigenvalue weighted by Crippen LogP contribution is -2.26. The summed E-state index contributed by atoms with van der Waals surface area (Å²) < 4.78 is 41.1. The molecule has 4 aromatic rings. The fraction of sp³-hybridized carbons (Fsp3) is 0.115. The van der Waals surface area contributed by atoms with Crippen molar-refractivity contribution in [3.63, 3.8) is 0 Å². The maximum Gasteiger partial charge on any atom is 0.240 e. The molecule has 0 atom stereocenters. The molecule has 10 heteroatoms. The lowest BCUT2D eigenvalue weighted by molar-refractivity contribution is -0.115. The third-order valence-corrected chi connectivity index (χ3v) is 7.16. The molecule has 3 aromatic carbocycles. The zero-order valence-corrected chi connectivity index (χ0v) is 19.8. The highest BCUT2D eigenvalue weighted by molar-refractivity contribution is 7.89. The van der Waals surface area contributed by atoms with Crippen molar-refractivity contribution in [3.05, 3.63) is 95.9 Å². The average Bonchev–Trinajstić information content (AvgIpc) is 2.99. The van der Waals surface area contributed by atoms with Crippen LogP contribution < -0.4 is 15.4 Å². The third kappa shape index (κ3) is 5.24. The number of aromatic nitrogens is 2. The number of carbonyl (C=O) groups excluding carboxylic acids is 1.